The third-order valence-corrected chi connectivity index (χ3v) is 3.20. The van der Waals surface area contributed by atoms with Crippen LogP contribution in [0.15, 0.2) is 41.0 Å². The molecule has 1 unspecified atom stereocenters. The number of methoxy groups -OCH3 is 1. The third kappa shape index (κ3) is 3.02. The summed E-state index contributed by atoms with van der Waals surface area (Å²) >= 11 is 0. The number of hydrogen-bond acceptors (Lipinski definition) is 4. The van der Waals surface area contributed by atoms with Gasteiger partial charge in [0.25, 0.3) is 0 Å². The second kappa shape index (κ2) is 6.28. The first kappa shape index (κ1) is 14.2. The van der Waals surface area contributed by atoms with E-state index in [1.54, 1.807) is 6.26 Å². The lowest BCUT2D eigenvalue weighted by Gasteiger charge is -2.18. The second-order valence-corrected chi connectivity index (χ2v) is 4.66. The van der Waals surface area contributed by atoms with Crippen LogP contribution in [0.3, 0.4) is 0 Å². The molecule has 1 aromatic heterocycles. The second-order valence-electron chi connectivity index (χ2n) is 4.66. The van der Waals surface area contributed by atoms with Gasteiger partial charge in [0, 0.05) is 5.69 Å². The van der Waals surface area contributed by atoms with Crippen LogP contribution in [-0.4, -0.2) is 13.1 Å². The Balaban J connectivity index is 2.30. The molecule has 0 fully saturated rings. The van der Waals surface area contributed by atoms with Gasteiger partial charge in [0.15, 0.2) is 0 Å². The molecule has 1 aromatic carbocycles. The summed E-state index contributed by atoms with van der Waals surface area (Å²) in [6.07, 6.45) is 2.50. The number of furan rings is 1. The maximum atomic E-state index is 11.9. The Morgan fingerprint density at radius 3 is 2.80 bits per heavy atom. The molecule has 1 N–H and O–H groups in total. The van der Waals surface area contributed by atoms with Crippen LogP contribution >= 0.6 is 0 Å². The number of nitrogens with one attached hydrogen (secondary N) is 1. The Morgan fingerprint density at radius 1 is 1.40 bits per heavy atom. The van der Waals surface area contributed by atoms with Crippen molar-refractivity contribution in [2.45, 2.75) is 26.3 Å². The highest BCUT2D eigenvalue weighted by Gasteiger charge is 2.17. The van der Waals surface area contributed by atoms with Crippen molar-refractivity contribution < 1.29 is 13.9 Å². The minimum absolute atomic E-state index is 0.0242. The molecule has 0 saturated heterocycles. The summed E-state index contributed by atoms with van der Waals surface area (Å²) < 4.78 is 10.3. The van der Waals surface area contributed by atoms with E-state index in [2.05, 4.69) is 12.2 Å². The highest BCUT2D eigenvalue weighted by atomic mass is 16.5. The molecule has 20 heavy (non-hydrogen) atoms. The smallest absolute Gasteiger partial charge is 0.339 e. The molecule has 0 aliphatic rings. The fraction of sp³-hybridized carbons (Fsp3) is 0.312. The molecular weight excluding hydrogens is 254 g/mol. The molecule has 1 atom stereocenters. The number of hydrogen-bond donors (Lipinski definition) is 1. The van der Waals surface area contributed by atoms with Crippen LogP contribution in [0.25, 0.3) is 0 Å². The molecule has 4 heteroatoms. The molecule has 0 amide bonds. The Morgan fingerprint density at radius 2 is 2.20 bits per heavy atom. The van der Waals surface area contributed by atoms with Gasteiger partial charge >= 0.3 is 5.97 Å². The van der Waals surface area contributed by atoms with E-state index in [1.165, 1.54) is 7.11 Å². The van der Waals surface area contributed by atoms with Crippen molar-refractivity contribution in [2.24, 2.45) is 0 Å². The molecule has 4 nitrogen and oxygen atoms in total. The first-order valence-corrected chi connectivity index (χ1v) is 6.64. The lowest BCUT2D eigenvalue weighted by Crippen LogP contribution is -2.13. The van der Waals surface area contributed by atoms with Gasteiger partial charge in [-0.2, -0.15) is 0 Å². The van der Waals surface area contributed by atoms with Crippen molar-refractivity contribution in [1.29, 1.82) is 0 Å². The molecule has 1 heterocycles. The Kier molecular flexibility index (Phi) is 4.45. The summed E-state index contributed by atoms with van der Waals surface area (Å²) in [5.74, 6) is 0.509. The number of carbonyl (C=O) groups excluding carboxylic acids is 1. The van der Waals surface area contributed by atoms with Crippen molar-refractivity contribution in [3.8, 4) is 0 Å². The maximum absolute atomic E-state index is 11.9. The van der Waals surface area contributed by atoms with Gasteiger partial charge in [-0.15, -0.1) is 0 Å². The number of rotatable bonds is 5. The minimum atomic E-state index is -0.342. The number of anilines is 1. The molecule has 0 bridgehead atoms. The lowest BCUT2D eigenvalue weighted by atomic mass is 10.1. The Hall–Kier alpha value is -2.23. The number of ether oxygens (including phenoxy) is 1. The summed E-state index contributed by atoms with van der Waals surface area (Å²) in [5.41, 5.74) is 2.31. The Labute approximate surface area is 118 Å². The fourth-order valence-corrected chi connectivity index (χ4v) is 2.11. The van der Waals surface area contributed by atoms with Crippen molar-refractivity contribution in [2.75, 3.05) is 12.4 Å². The minimum Gasteiger partial charge on any atom is -0.467 e. The number of benzene rings is 1. The predicted octanol–water partition coefficient (Wildman–Crippen LogP) is 3.94. The van der Waals surface area contributed by atoms with Crippen LogP contribution in [0, 0.1) is 6.92 Å². The zero-order valence-corrected chi connectivity index (χ0v) is 12.0. The van der Waals surface area contributed by atoms with Crippen molar-refractivity contribution in [3.63, 3.8) is 0 Å². The van der Waals surface area contributed by atoms with Crippen LogP contribution in [0.5, 0.6) is 0 Å². The Bertz CT molecular complexity index is 575. The highest BCUT2D eigenvalue weighted by molar-refractivity contribution is 5.95. The van der Waals surface area contributed by atoms with E-state index in [0.29, 0.717) is 5.56 Å². The van der Waals surface area contributed by atoms with Crippen molar-refractivity contribution in [3.05, 3.63) is 53.5 Å². The van der Waals surface area contributed by atoms with Gasteiger partial charge in [0.2, 0.25) is 0 Å². The lowest BCUT2D eigenvalue weighted by molar-refractivity contribution is 0.0601. The van der Waals surface area contributed by atoms with E-state index in [0.717, 1.165) is 23.4 Å². The van der Waals surface area contributed by atoms with Crippen LogP contribution in [0.2, 0.25) is 0 Å². The van der Waals surface area contributed by atoms with Crippen LogP contribution in [-0.2, 0) is 4.74 Å². The van der Waals surface area contributed by atoms with Gasteiger partial charge in [-0.25, -0.2) is 4.79 Å². The fourth-order valence-electron chi connectivity index (χ4n) is 2.11. The number of aryl methyl sites for hydroxylation is 1. The largest absolute Gasteiger partial charge is 0.467 e. The first-order chi connectivity index (χ1) is 9.65. The van der Waals surface area contributed by atoms with Gasteiger partial charge in [-0.1, -0.05) is 18.6 Å². The van der Waals surface area contributed by atoms with Gasteiger partial charge in [0.05, 0.1) is 25.0 Å². The average molecular weight is 273 g/mol. The third-order valence-electron chi connectivity index (χ3n) is 3.20. The maximum Gasteiger partial charge on any atom is 0.339 e. The van der Waals surface area contributed by atoms with Gasteiger partial charge in [0.1, 0.15) is 5.76 Å². The van der Waals surface area contributed by atoms with E-state index < -0.39 is 0 Å². The molecule has 2 rings (SSSR count). The van der Waals surface area contributed by atoms with Crippen LogP contribution in [0.4, 0.5) is 5.69 Å². The van der Waals surface area contributed by atoms with E-state index >= 15 is 0 Å². The van der Waals surface area contributed by atoms with Crippen molar-refractivity contribution in [1.82, 2.24) is 0 Å². The van der Waals surface area contributed by atoms with Crippen molar-refractivity contribution >= 4 is 11.7 Å². The quantitative estimate of drug-likeness (QED) is 0.838. The van der Waals surface area contributed by atoms with Gasteiger partial charge in [-0.3, -0.25) is 0 Å². The van der Waals surface area contributed by atoms with Gasteiger partial charge < -0.3 is 14.5 Å². The summed E-state index contributed by atoms with van der Waals surface area (Å²) in [7, 11) is 1.39. The monoisotopic (exact) mass is 273 g/mol. The van der Waals surface area contributed by atoms with Gasteiger partial charge in [-0.05, 0) is 37.6 Å². The van der Waals surface area contributed by atoms with E-state index in [4.69, 9.17) is 9.15 Å². The summed E-state index contributed by atoms with van der Waals surface area (Å²) in [4.78, 5) is 11.9. The summed E-state index contributed by atoms with van der Waals surface area (Å²) in [5, 5.41) is 3.35. The van der Waals surface area contributed by atoms with Crippen LogP contribution in [0.1, 0.15) is 41.1 Å². The van der Waals surface area contributed by atoms with E-state index in [-0.39, 0.29) is 12.0 Å². The molecule has 0 saturated carbocycles. The zero-order chi connectivity index (χ0) is 14.5. The van der Waals surface area contributed by atoms with Crippen LogP contribution < -0.4 is 5.32 Å². The molecule has 0 aliphatic carbocycles. The summed E-state index contributed by atoms with van der Waals surface area (Å²) in [6, 6.07) is 9.49. The summed E-state index contributed by atoms with van der Waals surface area (Å²) in [6.45, 7) is 4.01. The SMILES string of the molecule is CCC(Nc1ccc(C)cc1C(=O)OC)c1ccco1. The molecule has 0 aliphatic heterocycles. The number of esters is 1. The van der Waals surface area contributed by atoms with E-state index in [1.807, 2.05) is 37.3 Å². The normalized spacial score (nSPS) is 11.9. The van der Waals surface area contributed by atoms with E-state index in [9.17, 15) is 4.79 Å². The molecular formula is C16H19NO3. The molecule has 106 valence electrons. The highest BCUT2D eigenvalue weighted by Crippen LogP contribution is 2.26. The number of carbonyl (C=O) groups is 1. The zero-order valence-electron chi connectivity index (χ0n) is 12.0. The average Bonchev–Trinajstić information content (AvgIpc) is 2.99. The molecule has 0 spiro atoms. The molecule has 2 aromatic rings. The predicted molar refractivity (Wildman–Crippen MR) is 77.9 cm³/mol. The standard InChI is InChI=1S/C16H19NO3/c1-4-13(15-6-5-9-20-15)17-14-8-7-11(2)10-12(14)16(18)19-3/h5-10,13,17H,4H2,1-3H3. The molecule has 0 radical (unpaired) electrons. The topological polar surface area (TPSA) is 51.5 Å². The first-order valence-electron chi connectivity index (χ1n) is 6.64.